The molecule has 0 aromatic heterocycles. The van der Waals surface area contributed by atoms with Gasteiger partial charge in [-0.1, -0.05) is 0 Å². The van der Waals surface area contributed by atoms with Crippen LogP contribution >= 0.6 is 0 Å². The van der Waals surface area contributed by atoms with Crippen molar-refractivity contribution >= 4 is 11.9 Å². The molecule has 0 atom stereocenters. The van der Waals surface area contributed by atoms with Gasteiger partial charge in [-0.3, -0.25) is 4.79 Å². The third kappa shape index (κ3) is 3.42. The molecular weight excluding hydrogens is 194 g/mol. The molecule has 0 unspecified atom stereocenters. The number of likely N-dealkylation sites (tertiary alicyclic amines) is 1. The second-order valence-corrected chi connectivity index (χ2v) is 3.76. The number of likely N-dealkylation sites (N-methyl/N-ethyl adjacent to an activating group) is 1. The molecule has 1 aliphatic rings. The smallest absolute Gasteiger partial charge is 0.317 e. The van der Waals surface area contributed by atoms with Crippen LogP contribution in [-0.4, -0.2) is 55.0 Å². The highest BCUT2D eigenvalue weighted by Crippen LogP contribution is 2.06. The van der Waals surface area contributed by atoms with Crippen molar-refractivity contribution in [1.29, 1.82) is 0 Å². The molecule has 1 heterocycles. The molecule has 0 spiro atoms. The van der Waals surface area contributed by atoms with E-state index in [1.807, 2.05) is 6.92 Å². The topological polar surface area (TPSA) is 52.7 Å². The maximum atomic E-state index is 11.5. The second kappa shape index (κ2) is 5.58. The van der Waals surface area contributed by atoms with Crippen LogP contribution in [0.5, 0.6) is 0 Å². The zero-order valence-corrected chi connectivity index (χ0v) is 9.45. The quantitative estimate of drug-likeness (QED) is 0.731. The summed E-state index contributed by atoms with van der Waals surface area (Å²) >= 11 is 0. The molecule has 0 aromatic carbocycles. The van der Waals surface area contributed by atoms with Gasteiger partial charge >= 0.3 is 6.03 Å². The van der Waals surface area contributed by atoms with Crippen molar-refractivity contribution in [2.45, 2.75) is 19.8 Å². The van der Waals surface area contributed by atoms with E-state index in [4.69, 9.17) is 0 Å². The van der Waals surface area contributed by atoms with E-state index >= 15 is 0 Å². The van der Waals surface area contributed by atoms with E-state index < -0.39 is 0 Å². The molecule has 5 heteroatoms. The summed E-state index contributed by atoms with van der Waals surface area (Å²) in [6, 6.07) is -0.120. The number of hydrogen-bond acceptors (Lipinski definition) is 2. The Kier molecular flexibility index (Phi) is 4.39. The minimum absolute atomic E-state index is 0.0509. The van der Waals surface area contributed by atoms with Gasteiger partial charge in [-0.2, -0.15) is 0 Å². The van der Waals surface area contributed by atoms with E-state index in [-0.39, 0.29) is 18.5 Å². The Morgan fingerprint density at radius 2 is 1.93 bits per heavy atom. The van der Waals surface area contributed by atoms with Crippen LogP contribution in [0.1, 0.15) is 19.8 Å². The van der Waals surface area contributed by atoms with E-state index in [1.165, 1.54) is 0 Å². The first kappa shape index (κ1) is 11.8. The molecule has 0 aliphatic carbocycles. The second-order valence-electron chi connectivity index (χ2n) is 3.76. The molecule has 1 rings (SSSR count). The minimum atomic E-state index is -0.120. The molecule has 1 N–H and O–H groups in total. The molecule has 1 fully saturated rings. The molecule has 86 valence electrons. The van der Waals surface area contributed by atoms with Crippen LogP contribution < -0.4 is 5.32 Å². The normalized spacial score (nSPS) is 15.2. The summed E-state index contributed by atoms with van der Waals surface area (Å²) in [4.78, 5) is 26.2. The van der Waals surface area contributed by atoms with E-state index in [1.54, 1.807) is 16.8 Å². The van der Waals surface area contributed by atoms with Gasteiger partial charge in [0.2, 0.25) is 5.91 Å². The van der Waals surface area contributed by atoms with Crippen LogP contribution in [0.25, 0.3) is 0 Å². The van der Waals surface area contributed by atoms with Gasteiger partial charge in [0.1, 0.15) is 0 Å². The zero-order valence-electron chi connectivity index (χ0n) is 9.45. The third-order valence-corrected chi connectivity index (χ3v) is 2.68. The molecular formula is C10H19N3O2. The predicted molar refractivity (Wildman–Crippen MR) is 57.5 cm³/mol. The van der Waals surface area contributed by atoms with Crippen molar-refractivity contribution < 1.29 is 9.59 Å². The van der Waals surface area contributed by atoms with Gasteiger partial charge in [-0.25, -0.2) is 4.79 Å². The summed E-state index contributed by atoms with van der Waals surface area (Å²) in [6.07, 6.45) is 2.13. The fraction of sp³-hybridized carbons (Fsp3) is 0.800. The van der Waals surface area contributed by atoms with Gasteiger partial charge < -0.3 is 15.1 Å². The Bertz CT molecular complexity index is 237. The van der Waals surface area contributed by atoms with E-state index in [2.05, 4.69) is 5.32 Å². The fourth-order valence-corrected chi connectivity index (χ4v) is 1.49. The first-order valence-corrected chi connectivity index (χ1v) is 5.42. The predicted octanol–water partition coefficient (Wildman–Crippen LogP) is 0.270. The highest BCUT2D eigenvalue weighted by molar-refractivity contribution is 5.83. The summed E-state index contributed by atoms with van der Waals surface area (Å²) in [5.41, 5.74) is 0. The highest BCUT2D eigenvalue weighted by atomic mass is 16.2. The fourth-order valence-electron chi connectivity index (χ4n) is 1.49. The largest absolute Gasteiger partial charge is 0.345 e. The van der Waals surface area contributed by atoms with Crippen LogP contribution in [-0.2, 0) is 4.79 Å². The van der Waals surface area contributed by atoms with Gasteiger partial charge in [0, 0.05) is 26.7 Å². The molecule has 0 bridgehead atoms. The maximum Gasteiger partial charge on any atom is 0.317 e. The van der Waals surface area contributed by atoms with Gasteiger partial charge in [0.15, 0.2) is 0 Å². The maximum absolute atomic E-state index is 11.5. The van der Waals surface area contributed by atoms with Crippen LogP contribution in [0.3, 0.4) is 0 Å². The standard InChI is InChI=1S/C10H19N3O2/c1-3-12(2)9(14)8-11-10(15)13-6-4-5-7-13/h3-8H2,1-2H3,(H,11,15). The number of amides is 3. The lowest BCUT2D eigenvalue weighted by Crippen LogP contribution is -2.43. The van der Waals surface area contributed by atoms with E-state index in [0.717, 1.165) is 25.9 Å². The zero-order chi connectivity index (χ0) is 11.3. The first-order chi connectivity index (χ1) is 7.15. The number of urea groups is 1. The molecule has 1 aliphatic heterocycles. The average Bonchev–Trinajstić information content (AvgIpc) is 2.77. The van der Waals surface area contributed by atoms with Crippen LogP contribution in [0, 0.1) is 0 Å². The van der Waals surface area contributed by atoms with Crippen molar-refractivity contribution in [3.05, 3.63) is 0 Å². The number of hydrogen-bond donors (Lipinski definition) is 1. The van der Waals surface area contributed by atoms with Crippen LogP contribution in [0.15, 0.2) is 0 Å². The molecule has 0 radical (unpaired) electrons. The van der Waals surface area contributed by atoms with Gasteiger partial charge in [-0.05, 0) is 19.8 Å². The number of nitrogens with zero attached hydrogens (tertiary/aromatic N) is 2. The molecule has 1 saturated heterocycles. The Hall–Kier alpha value is -1.26. The molecule has 15 heavy (non-hydrogen) atoms. The van der Waals surface area contributed by atoms with Crippen molar-refractivity contribution in [3.8, 4) is 0 Å². The Morgan fingerprint density at radius 3 is 2.47 bits per heavy atom. The van der Waals surface area contributed by atoms with Crippen LogP contribution in [0.4, 0.5) is 4.79 Å². The SMILES string of the molecule is CCN(C)C(=O)CNC(=O)N1CCCC1. The lowest BCUT2D eigenvalue weighted by molar-refractivity contribution is -0.128. The summed E-state index contributed by atoms with van der Waals surface area (Å²) in [6.45, 7) is 4.28. The molecule has 5 nitrogen and oxygen atoms in total. The van der Waals surface area contributed by atoms with Crippen molar-refractivity contribution in [2.24, 2.45) is 0 Å². The summed E-state index contributed by atoms with van der Waals surface area (Å²) in [5, 5.41) is 2.64. The molecule has 0 aromatic rings. The Morgan fingerprint density at radius 1 is 1.33 bits per heavy atom. The lowest BCUT2D eigenvalue weighted by atomic mass is 10.4. The van der Waals surface area contributed by atoms with Gasteiger partial charge in [-0.15, -0.1) is 0 Å². The lowest BCUT2D eigenvalue weighted by Gasteiger charge is -2.18. The van der Waals surface area contributed by atoms with E-state index in [9.17, 15) is 9.59 Å². The van der Waals surface area contributed by atoms with Crippen molar-refractivity contribution in [3.63, 3.8) is 0 Å². The van der Waals surface area contributed by atoms with Crippen LogP contribution in [0.2, 0.25) is 0 Å². The number of rotatable bonds is 3. The monoisotopic (exact) mass is 213 g/mol. The summed E-state index contributed by atoms with van der Waals surface area (Å²) in [5.74, 6) is -0.0509. The van der Waals surface area contributed by atoms with Crippen molar-refractivity contribution in [1.82, 2.24) is 15.1 Å². The summed E-state index contributed by atoms with van der Waals surface area (Å²) < 4.78 is 0. The first-order valence-electron chi connectivity index (χ1n) is 5.42. The third-order valence-electron chi connectivity index (χ3n) is 2.68. The molecule has 3 amide bonds. The number of carbonyl (C=O) groups is 2. The van der Waals surface area contributed by atoms with Crippen molar-refractivity contribution in [2.75, 3.05) is 33.2 Å². The molecule has 0 saturated carbocycles. The number of carbonyl (C=O) groups excluding carboxylic acids is 2. The minimum Gasteiger partial charge on any atom is -0.345 e. The Balaban J connectivity index is 2.24. The van der Waals surface area contributed by atoms with E-state index in [0.29, 0.717) is 6.54 Å². The highest BCUT2D eigenvalue weighted by Gasteiger charge is 2.18. The Labute approximate surface area is 90.4 Å². The van der Waals surface area contributed by atoms with Gasteiger partial charge in [0.05, 0.1) is 6.54 Å². The summed E-state index contributed by atoms with van der Waals surface area (Å²) in [7, 11) is 1.73. The average molecular weight is 213 g/mol. The van der Waals surface area contributed by atoms with Gasteiger partial charge in [0.25, 0.3) is 0 Å². The number of nitrogens with one attached hydrogen (secondary N) is 1.